The third-order valence-corrected chi connectivity index (χ3v) is 3.71. The summed E-state index contributed by atoms with van der Waals surface area (Å²) in [5, 5.41) is 12.6. The Bertz CT molecular complexity index is 770. The Morgan fingerprint density at radius 2 is 1.96 bits per heavy atom. The molecular weight excluding hydrogens is 346 g/mol. The van der Waals surface area contributed by atoms with Gasteiger partial charge in [-0.15, -0.1) is 6.42 Å². The first kappa shape index (κ1) is 20.1. The van der Waals surface area contributed by atoms with Crippen molar-refractivity contribution in [2.45, 2.75) is 12.5 Å². The van der Waals surface area contributed by atoms with Crippen LogP contribution in [0.4, 0.5) is 0 Å². The lowest BCUT2D eigenvalue weighted by atomic mass is 10.1. The molecule has 0 bridgehead atoms. The highest BCUT2D eigenvalue weighted by atomic mass is 16.5. The Kier molecular flexibility index (Phi) is 8.01. The number of amides is 1. The van der Waals surface area contributed by atoms with Crippen LogP contribution in [0, 0.1) is 12.3 Å². The van der Waals surface area contributed by atoms with Crippen molar-refractivity contribution in [1.29, 1.82) is 0 Å². The predicted octanol–water partition coefficient (Wildman–Crippen LogP) is 1.81. The van der Waals surface area contributed by atoms with E-state index in [4.69, 9.17) is 20.6 Å². The average Bonchev–Trinajstić information content (AvgIpc) is 2.71. The van der Waals surface area contributed by atoms with E-state index < -0.39 is 12.0 Å². The number of para-hydroxylation sites is 1. The van der Waals surface area contributed by atoms with Gasteiger partial charge in [0, 0.05) is 6.54 Å². The van der Waals surface area contributed by atoms with Crippen LogP contribution in [0.25, 0.3) is 0 Å². The van der Waals surface area contributed by atoms with Crippen molar-refractivity contribution < 1.29 is 24.1 Å². The van der Waals surface area contributed by atoms with E-state index in [9.17, 15) is 9.90 Å². The molecule has 0 fully saturated rings. The normalized spacial score (nSPS) is 11.1. The van der Waals surface area contributed by atoms with Crippen LogP contribution in [0.5, 0.6) is 17.2 Å². The third-order valence-electron chi connectivity index (χ3n) is 3.71. The Labute approximate surface area is 159 Å². The fourth-order valence-corrected chi connectivity index (χ4v) is 2.32. The van der Waals surface area contributed by atoms with Gasteiger partial charge in [0.05, 0.1) is 7.11 Å². The van der Waals surface area contributed by atoms with Crippen molar-refractivity contribution >= 4 is 5.91 Å². The van der Waals surface area contributed by atoms with E-state index in [2.05, 4.69) is 11.2 Å². The molecule has 1 amide bonds. The second-order valence-corrected chi connectivity index (χ2v) is 5.66. The summed E-state index contributed by atoms with van der Waals surface area (Å²) in [6.07, 6.45) is 4.52. The zero-order chi connectivity index (χ0) is 19.5. The van der Waals surface area contributed by atoms with Crippen molar-refractivity contribution in [3.05, 3.63) is 54.1 Å². The molecular formula is C21H23NO5. The predicted molar refractivity (Wildman–Crippen MR) is 102 cm³/mol. The van der Waals surface area contributed by atoms with Crippen molar-refractivity contribution in [1.82, 2.24) is 5.32 Å². The number of benzene rings is 2. The van der Waals surface area contributed by atoms with E-state index in [1.807, 2.05) is 30.3 Å². The van der Waals surface area contributed by atoms with Gasteiger partial charge in [-0.25, -0.2) is 0 Å². The summed E-state index contributed by atoms with van der Waals surface area (Å²) in [6, 6.07) is 14.5. The van der Waals surface area contributed by atoms with Gasteiger partial charge in [-0.2, -0.15) is 0 Å². The minimum absolute atomic E-state index is 0.106. The first-order chi connectivity index (χ1) is 13.1. The smallest absolute Gasteiger partial charge is 0.252 e. The highest BCUT2D eigenvalue weighted by Crippen LogP contribution is 2.28. The molecule has 6 nitrogen and oxygen atoms in total. The molecule has 0 spiro atoms. The zero-order valence-electron chi connectivity index (χ0n) is 15.2. The minimum atomic E-state index is -1.24. The number of aliphatic hydroxyl groups excluding tert-OH is 1. The standard InChI is InChI=1S/C21H23NO5/c1-3-13-26-19-10-9-16(14-20(19)25-2)11-12-22-21(24)18(23)15-27-17-7-5-4-6-8-17/h1,4-10,14,18,23H,11-13,15H2,2H3,(H,22,24)/t18-/m0/s1. The summed E-state index contributed by atoms with van der Waals surface area (Å²) in [6.45, 7) is 0.425. The molecule has 0 aliphatic rings. The van der Waals surface area contributed by atoms with E-state index in [-0.39, 0.29) is 13.2 Å². The molecule has 2 aromatic rings. The SMILES string of the molecule is C#CCOc1ccc(CCNC(=O)[C@@H](O)COc2ccccc2)cc1OC. The summed E-state index contributed by atoms with van der Waals surface area (Å²) in [5.74, 6) is 3.66. The first-order valence-electron chi connectivity index (χ1n) is 8.51. The minimum Gasteiger partial charge on any atom is -0.493 e. The maximum Gasteiger partial charge on any atom is 0.252 e. The van der Waals surface area contributed by atoms with Gasteiger partial charge in [-0.3, -0.25) is 4.79 Å². The third kappa shape index (κ3) is 6.57. The summed E-state index contributed by atoms with van der Waals surface area (Å²) in [4.78, 5) is 11.9. The van der Waals surface area contributed by atoms with Crippen molar-refractivity contribution in [2.75, 3.05) is 26.9 Å². The fraction of sp³-hybridized carbons (Fsp3) is 0.286. The quantitative estimate of drug-likeness (QED) is 0.625. The topological polar surface area (TPSA) is 77.0 Å². The number of ether oxygens (including phenoxy) is 3. The number of aliphatic hydroxyl groups is 1. The average molecular weight is 369 g/mol. The highest BCUT2D eigenvalue weighted by Gasteiger charge is 2.15. The monoisotopic (exact) mass is 369 g/mol. The lowest BCUT2D eigenvalue weighted by molar-refractivity contribution is -0.130. The maximum absolute atomic E-state index is 11.9. The van der Waals surface area contributed by atoms with Crippen LogP contribution in [0.1, 0.15) is 5.56 Å². The van der Waals surface area contributed by atoms with E-state index in [0.29, 0.717) is 30.2 Å². The number of methoxy groups -OCH3 is 1. The van der Waals surface area contributed by atoms with Crippen LogP contribution in [-0.2, 0) is 11.2 Å². The number of hydrogen-bond acceptors (Lipinski definition) is 5. The second kappa shape index (κ2) is 10.7. The Hall–Kier alpha value is -3.17. The lowest BCUT2D eigenvalue weighted by Crippen LogP contribution is -2.39. The molecule has 1 atom stereocenters. The van der Waals surface area contributed by atoms with Gasteiger partial charge in [-0.1, -0.05) is 30.2 Å². The van der Waals surface area contributed by atoms with Crippen LogP contribution >= 0.6 is 0 Å². The molecule has 0 aliphatic heterocycles. The molecule has 0 saturated carbocycles. The van der Waals surface area contributed by atoms with Gasteiger partial charge in [0.1, 0.15) is 19.0 Å². The molecule has 0 radical (unpaired) electrons. The molecule has 6 heteroatoms. The number of nitrogens with one attached hydrogen (secondary N) is 1. The Balaban J connectivity index is 1.77. The van der Waals surface area contributed by atoms with Crippen molar-refractivity contribution in [3.8, 4) is 29.6 Å². The fourth-order valence-electron chi connectivity index (χ4n) is 2.32. The van der Waals surface area contributed by atoms with Crippen molar-refractivity contribution in [2.24, 2.45) is 0 Å². The molecule has 0 aliphatic carbocycles. The molecule has 0 unspecified atom stereocenters. The first-order valence-corrected chi connectivity index (χ1v) is 8.51. The van der Waals surface area contributed by atoms with Gasteiger partial charge in [-0.05, 0) is 36.2 Å². The molecule has 0 saturated heterocycles. The van der Waals surface area contributed by atoms with Gasteiger partial charge in [0.15, 0.2) is 17.6 Å². The molecule has 0 aromatic heterocycles. The molecule has 2 rings (SSSR count). The van der Waals surface area contributed by atoms with Crippen molar-refractivity contribution in [3.63, 3.8) is 0 Å². The summed E-state index contributed by atoms with van der Waals surface area (Å²) in [5.41, 5.74) is 0.954. The Morgan fingerprint density at radius 3 is 2.67 bits per heavy atom. The maximum atomic E-state index is 11.9. The van der Waals surface area contributed by atoms with Gasteiger partial charge < -0.3 is 24.6 Å². The van der Waals surface area contributed by atoms with Gasteiger partial charge >= 0.3 is 0 Å². The number of rotatable bonds is 10. The molecule has 27 heavy (non-hydrogen) atoms. The van der Waals surface area contributed by atoms with E-state index in [1.165, 1.54) is 0 Å². The molecule has 2 N–H and O–H groups in total. The lowest BCUT2D eigenvalue weighted by Gasteiger charge is -2.13. The van der Waals surface area contributed by atoms with Crippen LogP contribution < -0.4 is 19.5 Å². The molecule has 2 aromatic carbocycles. The summed E-state index contributed by atoms with van der Waals surface area (Å²) in [7, 11) is 1.55. The van der Waals surface area contributed by atoms with Crippen LogP contribution in [0.15, 0.2) is 48.5 Å². The zero-order valence-corrected chi connectivity index (χ0v) is 15.2. The number of carbonyl (C=O) groups excluding carboxylic acids is 1. The Morgan fingerprint density at radius 1 is 1.19 bits per heavy atom. The molecule has 0 heterocycles. The van der Waals surface area contributed by atoms with E-state index >= 15 is 0 Å². The number of hydrogen-bond donors (Lipinski definition) is 2. The van der Waals surface area contributed by atoms with Gasteiger partial charge in [0.25, 0.3) is 5.91 Å². The van der Waals surface area contributed by atoms with Gasteiger partial charge in [0.2, 0.25) is 0 Å². The largest absolute Gasteiger partial charge is 0.493 e. The highest BCUT2D eigenvalue weighted by molar-refractivity contribution is 5.80. The van der Waals surface area contributed by atoms with E-state index in [1.54, 1.807) is 25.3 Å². The van der Waals surface area contributed by atoms with Crippen LogP contribution in [-0.4, -0.2) is 44.0 Å². The summed E-state index contributed by atoms with van der Waals surface area (Å²) >= 11 is 0. The summed E-state index contributed by atoms with van der Waals surface area (Å²) < 4.78 is 16.1. The molecule has 142 valence electrons. The van der Waals surface area contributed by atoms with Crippen LogP contribution in [0.3, 0.4) is 0 Å². The number of carbonyl (C=O) groups is 1. The second-order valence-electron chi connectivity index (χ2n) is 5.66. The van der Waals surface area contributed by atoms with E-state index in [0.717, 1.165) is 5.56 Å². The van der Waals surface area contributed by atoms with Crippen LogP contribution in [0.2, 0.25) is 0 Å². The number of terminal acetylenes is 1.